The van der Waals surface area contributed by atoms with E-state index < -0.39 is 10.0 Å². The van der Waals surface area contributed by atoms with E-state index in [1.54, 1.807) is 4.90 Å². The first-order valence-electron chi connectivity index (χ1n) is 9.22. The van der Waals surface area contributed by atoms with Gasteiger partial charge in [-0.25, -0.2) is 8.42 Å². The van der Waals surface area contributed by atoms with Gasteiger partial charge in [0.05, 0.1) is 10.6 Å². The number of benzene rings is 2. The van der Waals surface area contributed by atoms with E-state index in [1.165, 1.54) is 42.5 Å². The minimum absolute atomic E-state index is 0.0530. The number of carbonyl (C=O) groups is 1. The van der Waals surface area contributed by atoms with Crippen molar-refractivity contribution in [2.45, 2.75) is 24.7 Å². The number of sulfonamides is 1. The average Bonchev–Trinajstić information content (AvgIpc) is 2.66. The normalized spacial score (nSPS) is 15.2. The first-order valence-corrected chi connectivity index (χ1v) is 11.5. The van der Waals surface area contributed by atoms with Crippen molar-refractivity contribution in [3.63, 3.8) is 0 Å². The number of amides is 1. The Bertz CT molecular complexity index is 952. The number of carbonyl (C=O) groups excluding carboxylic acids is 1. The number of anilines is 1. The van der Waals surface area contributed by atoms with Gasteiger partial charge in [0, 0.05) is 23.1 Å². The average molecular weight is 457 g/mol. The summed E-state index contributed by atoms with van der Waals surface area (Å²) in [5.74, 6) is 1.01. The third-order valence-electron chi connectivity index (χ3n) is 4.75. The lowest BCUT2D eigenvalue weighted by molar-refractivity contribution is -0.134. The summed E-state index contributed by atoms with van der Waals surface area (Å²) in [6.07, 6.45) is 2.01. The number of rotatable bonds is 6. The smallest absolute Gasteiger partial charge is 0.261 e. The van der Waals surface area contributed by atoms with Gasteiger partial charge >= 0.3 is 0 Å². The highest BCUT2D eigenvalue weighted by molar-refractivity contribution is 7.92. The van der Waals surface area contributed by atoms with E-state index in [1.807, 2.05) is 0 Å². The molecular formula is C20H22Cl2N2O4S. The molecule has 1 saturated heterocycles. The van der Waals surface area contributed by atoms with Crippen LogP contribution in [-0.4, -0.2) is 38.9 Å². The molecule has 9 heteroatoms. The lowest BCUT2D eigenvalue weighted by Crippen LogP contribution is -2.40. The molecule has 0 saturated carbocycles. The summed E-state index contributed by atoms with van der Waals surface area (Å²) in [6, 6.07) is 10.3. The zero-order valence-electron chi connectivity index (χ0n) is 15.9. The van der Waals surface area contributed by atoms with E-state index in [-0.39, 0.29) is 23.1 Å². The maximum atomic E-state index is 12.5. The Morgan fingerprint density at radius 2 is 1.69 bits per heavy atom. The molecule has 1 heterocycles. The fourth-order valence-corrected chi connectivity index (χ4v) is 4.60. The summed E-state index contributed by atoms with van der Waals surface area (Å²) >= 11 is 11.8. The first-order chi connectivity index (χ1) is 13.7. The van der Waals surface area contributed by atoms with Crippen LogP contribution in [0.1, 0.15) is 19.8 Å². The van der Waals surface area contributed by atoms with Gasteiger partial charge in [-0.05, 0) is 61.2 Å². The fraction of sp³-hybridized carbons (Fsp3) is 0.350. The van der Waals surface area contributed by atoms with Crippen LogP contribution in [0.4, 0.5) is 5.69 Å². The Balaban J connectivity index is 1.59. The topological polar surface area (TPSA) is 75.7 Å². The second kappa shape index (κ2) is 9.24. The minimum Gasteiger partial charge on any atom is -0.484 e. The summed E-state index contributed by atoms with van der Waals surface area (Å²) in [5, 5.41) is 0.651. The molecule has 1 aliphatic heterocycles. The Morgan fingerprint density at radius 1 is 1.10 bits per heavy atom. The SMILES string of the molecule is CC1CCN(C(=O)COc2ccc(S(=O)(=O)Nc3cc(Cl)cc(Cl)c3)cc2)CC1. The van der Waals surface area contributed by atoms with E-state index in [9.17, 15) is 13.2 Å². The summed E-state index contributed by atoms with van der Waals surface area (Å²) < 4.78 is 33.0. The van der Waals surface area contributed by atoms with Crippen molar-refractivity contribution in [2.24, 2.45) is 5.92 Å². The summed E-state index contributed by atoms with van der Waals surface area (Å²) in [7, 11) is -3.82. The van der Waals surface area contributed by atoms with Crippen LogP contribution in [0, 0.1) is 5.92 Å². The lowest BCUT2D eigenvalue weighted by atomic mass is 9.99. The molecule has 2 aromatic carbocycles. The molecule has 1 fully saturated rings. The van der Waals surface area contributed by atoms with Crippen molar-refractivity contribution in [1.29, 1.82) is 0 Å². The van der Waals surface area contributed by atoms with Crippen LogP contribution in [0.5, 0.6) is 5.75 Å². The summed E-state index contributed by atoms with van der Waals surface area (Å²) in [4.78, 5) is 14.1. The van der Waals surface area contributed by atoms with Crippen LogP contribution in [0.3, 0.4) is 0 Å². The molecule has 6 nitrogen and oxygen atoms in total. The van der Waals surface area contributed by atoms with Crippen molar-refractivity contribution in [3.8, 4) is 5.75 Å². The van der Waals surface area contributed by atoms with Gasteiger partial charge in [0.25, 0.3) is 15.9 Å². The molecule has 0 aliphatic carbocycles. The van der Waals surface area contributed by atoms with Gasteiger partial charge in [0.2, 0.25) is 0 Å². The summed E-state index contributed by atoms with van der Waals surface area (Å²) in [5.41, 5.74) is 0.268. The monoisotopic (exact) mass is 456 g/mol. The van der Waals surface area contributed by atoms with Crippen molar-refractivity contribution in [2.75, 3.05) is 24.4 Å². The third-order valence-corrected chi connectivity index (χ3v) is 6.58. The number of likely N-dealkylation sites (tertiary alicyclic amines) is 1. The third kappa shape index (κ3) is 6.01. The molecule has 156 valence electrons. The van der Waals surface area contributed by atoms with Crippen molar-refractivity contribution in [3.05, 3.63) is 52.5 Å². The second-order valence-corrected chi connectivity index (χ2v) is 9.64. The molecule has 0 atom stereocenters. The maximum Gasteiger partial charge on any atom is 0.261 e. The number of hydrogen-bond acceptors (Lipinski definition) is 4. The van der Waals surface area contributed by atoms with E-state index in [2.05, 4.69) is 11.6 Å². The molecule has 0 bridgehead atoms. The molecule has 1 aliphatic rings. The molecule has 0 unspecified atom stereocenters. The summed E-state index contributed by atoms with van der Waals surface area (Å²) in [6.45, 7) is 3.61. The van der Waals surface area contributed by atoms with Crippen molar-refractivity contribution < 1.29 is 17.9 Å². The zero-order chi connectivity index (χ0) is 21.0. The Hall–Kier alpha value is -1.96. The predicted molar refractivity (Wildman–Crippen MR) is 114 cm³/mol. The van der Waals surface area contributed by atoms with Gasteiger partial charge in [-0.3, -0.25) is 9.52 Å². The molecule has 1 N–H and O–H groups in total. The van der Waals surface area contributed by atoms with E-state index in [0.29, 0.717) is 21.7 Å². The number of piperidine rings is 1. The highest BCUT2D eigenvalue weighted by Gasteiger charge is 2.21. The zero-order valence-corrected chi connectivity index (χ0v) is 18.2. The minimum atomic E-state index is -3.82. The van der Waals surface area contributed by atoms with E-state index in [0.717, 1.165) is 25.9 Å². The molecule has 0 spiro atoms. The molecule has 29 heavy (non-hydrogen) atoms. The fourth-order valence-electron chi connectivity index (χ4n) is 3.04. The van der Waals surface area contributed by atoms with Crippen LogP contribution in [0.2, 0.25) is 10.0 Å². The van der Waals surface area contributed by atoms with E-state index in [4.69, 9.17) is 27.9 Å². The largest absolute Gasteiger partial charge is 0.484 e. The Morgan fingerprint density at radius 3 is 2.28 bits per heavy atom. The first kappa shape index (κ1) is 21.7. The van der Waals surface area contributed by atoms with Crippen LogP contribution in [-0.2, 0) is 14.8 Å². The quantitative estimate of drug-likeness (QED) is 0.697. The van der Waals surface area contributed by atoms with Gasteiger partial charge in [0.1, 0.15) is 5.75 Å². The highest BCUT2D eigenvalue weighted by atomic mass is 35.5. The van der Waals surface area contributed by atoms with Gasteiger partial charge in [-0.1, -0.05) is 30.1 Å². The molecule has 3 rings (SSSR count). The molecule has 1 amide bonds. The Kier molecular flexibility index (Phi) is 6.93. The maximum absolute atomic E-state index is 12.5. The number of nitrogens with zero attached hydrogens (tertiary/aromatic N) is 1. The van der Waals surface area contributed by atoms with Crippen molar-refractivity contribution >= 4 is 44.8 Å². The van der Waals surface area contributed by atoms with Crippen LogP contribution in [0.15, 0.2) is 47.4 Å². The number of ether oxygens (including phenoxy) is 1. The number of nitrogens with one attached hydrogen (secondary N) is 1. The molecule has 0 radical (unpaired) electrons. The number of hydrogen-bond donors (Lipinski definition) is 1. The van der Waals surface area contributed by atoms with Gasteiger partial charge in [-0.15, -0.1) is 0 Å². The van der Waals surface area contributed by atoms with Gasteiger partial charge < -0.3 is 9.64 Å². The highest BCUT2D eigenvalue weighted by Crippen LogP contribution is 2.25. The van der Waals surface area contributed by atoms with Crippen LogP contribution < -0.4 is 9.46 Å². The second-order valence-electron chi connectivity index (χ2n) is 7.09. The number of halogens is 2. The molecule has 2 aromatic rings. The van der Waals surface area contributed by atoms with Gasteiger partial charge in [0.15, 0.2) is 6.61 Å². The van der Waals surface area contributed by atoms with Gasteiger partial charge in [-0.2, -0.15) is 0 Å². The van der Waals surface area contributed by atoms with Crippen molar-refractivity contribution in [1.82, 2.24) is 4.90 Å². The Labute approximate surface area is 180 Å². The van der Waals surface area contributed by atoms with Crippen LogP contribution >= 0.6 is 23.2 Å². The predicted octanol–water partition coefficient (Wildman–Crippen LogP) is 4.43. The molecular weight excluding hydrogens is 435 g/mol. The van der Waals surface area contributed by atoms with Crippen LogP contribution in [0.25, 0.3) is 0 Å². The lowest BCUT2D eigenvalue weighted by Gasteiger charge is -2.30. The molecule has 0 aromatic heterocycles. The standard InChI is InChI=1S/C20H22Cl2N2O4S/c1-14-6-8-24(9-7-14)20(25)13-28-18-2-4-19(5-3-18)29(26,27)23-17-11-15(21)10-16(22)12-17/h2-5,10-12,14,23H,6-9,13H2,1H3. The van der Waals surface area contributed by atoms with E-state index >= 15 is 0 Å².